The summed E-state index contributed by atoms with van der Waals surface area (Å²) in [5.41, 5.74) is 3.59. The Kier molecular flexibility index (Phi) is 4.16. The summed E-state index contributed by atoms with van der Waals surface area (Å²) in [5, 5.41) is 2.60. The molecule has 0 saturated carbocycles. The van der Waals surface area contributed by atoms with Crippen LogP contribution in [0.5, 0.6) is 0 Å². The Morgan fingerprint density at radius 3 is 2.74 bits per heavy atom. The molecule has 2 aromatic carbocycles. The highest BCUT2D eigenvalue weighted by molar-refractivity contribution is 6.04. The topological polar surface area (TPSA) is 46.4 Å². The van der Waals surface area contributed by atoms with Gasteiger partial charge >= 0.3 is 0 Å². The molecule has 4 nitrogen and oxygen atoms in total. The lowest BCUT2D eigenvalue weighted by molar-refractivity contribution is 0.102. The zero-order valence-corrected chi connectivity index (χ0v) is 14.4. The Bertz CT molecular complexity index is 1170. The molecule has 2 aromatic heterocycles. The summed E-state index contributed by atoms with van der Waals surface area (Å²) in [6, 6.07) is 13.7. The fourth-order valence-corrected chi connectivity index (χ4v) is 2.87. The van der Waals surface area contributed by atoms with E-state index in [0.29, 0.717) is 5.69 Å². The summed E-state index contributed by atoms with van der Waals surface area (Å²) >= 11 is 0. The first kappa shape index (κ1) is 16.9. The molecule has 134 valence electrons. The minimum Gasteiger partial charge on any atom is -0.322 e. The molecule has 0 radical (unpaired) electrons. The van der Waals surface area contributed by atoms with E-state index in [1.165, 1.54) is 0 Å². The number of pyridine rings is 1. The number of carbonyl (C=O) groups excluding carboxylic acids is 1. The van der Waals surface area contributed by atoms with Crippen molar-refractivity contribution in [3.63, 3.8) is 0 Å². The van der Waals surface area contributed by atoms with Crippen molar-refractivity contribution in [1.82, 2.24) is 9.38 Å². The van der Waals surface area contributed by atoms with Crippen molar-refractivity contribution in [1.29, 1.82) is 0 Å². The summed E-state index contributed by atoms with van der Waals surface area (Å²) in [6.45, 7) is 2.00. The molecule has 0 unspecified atom stereocenters. The van der Waals surface area contributed by atoms with Crippen molar-refractivity contribution < 1.29 is 13.6 Å². The van der Waals surface area contributed by atoms with Gasteiger partial charge in [-0.15, -0.1) is 0 Å². The third-order valence-corrected chi connectivity index (χ3v) is 4.19. The number of benzene rings is 2. The van der Waals surface area contributed by atoms with Gasteiger partial charge in [-0.25, -0.2) is 13.8 Å². The molecule has 0 bridgehead atoms. The van der Waals surface area contributed by atoms with E-state index in [1.54, 1.807) is 18.2 Å². The fraction of sp³-hybridized carbons (Fsp3) is 0.0476. The number of nitrogens with zero attached hydrogens (tertiary/aromatic N) is 2. The van der Waals surface area contributed by atoms with Gasteiger partial charge in [0.2, 0.25) is 0 Å². The molecule has 0 saturated heterocycles. The number of imidazole rings is 1. The summed E-state index contributed by atoms with van der Waals surface area (Å²) in [4.78, 5) is 16.8. The molecule has 0 aliphatic carbocycles. The van der Waals surface area contributed by atoms with Crippen molar-refractivity contribution in [2.24, 2.45) is 0 Å². The van der Waals surface area contributed by atoms with Crippen LogP contribution in [0, 0.1) is 18.6 Å². The molecule has 1 N–H and O–H groups in total. The SMILES string of the molecule is Cc1ccc2nc(-c3cccc(NC(=O)c4cc(F)ccc4F)c3)cn2c1. The molecule has 4 rings (SSSR count). The number of anilines is 1. The van der Waals surface area contributed by atoms with Gasteiger partial charge in [0.25, 0.3) is 5.91 Å². The Labute approximate surface area is 154 Å². The van der Waals surface area contributed by atoms with Crippen LogP contribution < -0.4 is 5.32 Å². The predicted molar refractivity (Wildman–Crippen MR) is 99.7 cm³/mol. The van der Waals surface area contributed by atoms with Crippen LogP contribution in [0.1, 0.15) is 15.9 Å². The number of amides is 1. The molecule has 0 spiro atoms. The zero-order valence-electron chi connectivity index (χ0n) is 14.4. The van der Waals surface area contributed by atoms with Crippen molar-refractivity contribution in [2.75, 3.05) is 5.32 Å². The van der Waals surface area contributed by atoms with Crippen molar-refractivity contribution in [3.8, 4) is 11.3 Å². The second-order valence-corrected chi connectivity index (χ2v) is 6.26. The highest BCUT2D eigenvalue weighted by Crippen LogP contribution is 2.23. The number of aromatic nitrogens is 2. The van der Waals surface area contributed by atoms with Gasteiger partial charge in [-0.05, 0) is 48.9 Å². The first-order valence-electron chi connectivity index (χ1n) is 8.32. The molecule has 0 aliphatic rings. The molecule has 2 heterocycles. The fourth-order valence-electron chi connectivity index (χ4n) is 2.87. The first-order chi connectivity index (χ1) is 13.0. The molecule has 0 fully saturated rings. The number of nitrogens with one attached hydrogen (secondary N) is 1. The molecule has 0 atom stereocenters. The first-order valence-corrected chi connectivity index (χ1v) is 8.32. The molecule has 1 amide bonds. The third kappa shape index (κ3) is 3.42. The van der Waals surface area contributed by atoms with Crippen molar-refractivity contribution in [3.05, 3.63) is 89.8 Å². The summed E-state index contributed by atoms with van der Waals surface area (Å²) < 4.78 is 29.0. The van der Waals surface area contributed by atoms with E-state index in [2.05, 4.69) is 10.3 Å². The summed E-state index contributed by atoms with van der Waals surface area (Å²) in [6.07, 6.45) is 3.87. The maximum Gasteiger partial charge on any atom is 0.258 e. The van der Waals surface area contributed by atoms with Crippen LogP contribution >= 0.6 is 0 Å². The molecular formula is C21H15F2N3O. The molecule has 6 heteroatoms. The number of aryl methyl sites for hydroxylation is 1. The van der Waals surface area contributed by atoms with E-state index in [4.69, 9.17) is 0 Å². The van der Waals surface area contributed by atoms with E-state index >= 15 is 0 Å². The van der Waals surface area contributed by atoms with Crippen LogP contribution in [-0.2, 0) is 0 Å². The number of fused-ring (bicyclic) bond motifs is 1. The monoisotopic (exact) mass is 363 g/mol. The van der Waals surface area contributed by atoms with Crippen LogP contribution in [0.4, 0.5) is 14.5 Å². The Hall–Kier alpha value is -3.54. The van der Waals surface area contributed by atoms with Crippen LogP contribution in [0.25, 0.3) is 16.9 Å². The number of carbonyl (C=O) groups is 1. The normalized spacial score (nSPS) is 10.9. The molecular weight excluding hydrogens is 348 g/mol. The minimum atomic E-state index is -0.777. The van der Waals surface area contributed by atoms with Crippen LogP contribution in [0.2, 0.25) is 0 Å². The number of halogens is 2. The van der Waals surface area contributed by atoms with E-state index < -0.39 is 17.5 Å². The average Bonchev–Trinajstić information content (AvgIpc) is 3.07. The van der Waals surface area contributed by atoms with E-state index in [-0.39, 0.29) is 5.56 Å². The van der Waals surface area contributed by atoms with Gasteiger partial charge in [-0.3, -0.25) is 4.79 Å². The number of hydrogen-bond acceptors (Lipinski definition) is 2. The lowest BCUT2D eigenvalue weighted by Gasteiger charge is -2.07. The minimum absolute atomic E-state index is 0.344. The second-order valence-electron chi connectivity index (χ2n) is 6.26. The number of rotatable bonds is 3. The zero-order chi connectivity index (χ0) is 19.0. The lowest BCUT2D eigenvalue weighted by atomic mass is 10.1. The Balaban J connectivity index is 1.63. The smallest absolute Gasteiger partial charge is 0.258 e. The maximum atomic E-state index is 13.8. The van der Waals surface area contributed by atoms with Gasteiger partial charge in [-0.2, -0.15) is 0 Å². The van der Waals surface area contributed by atoms with Crippen molar-refractivity contribution in [2.45, 2.75) is 6.92 Å². The van der Waals surface area contributed by atoms with Gasteiger partial charge < -0.3 is 9.72 Å². The van der Waals surface area contributed by atoms with Gasteiger partial charge in [0, 0.05) is 23.6 Å². The largest absolute Gasteiger partial charge is 0.322 e. The summed E-state index contributed by atoms with van der Waals surface area (Å²) in [5.74, 6) is -2.16. The average molecular weight is 363 g/mol. The Morgan fingerprint density at radius 1 is 1.04 bits per heavy atom. The lowest BCUT2D eigenvalue weighted by Crippen LogP contribution is -2.14. The third-order valence-electron chi connectivity index (χ3n) is 4.19. The molecule has 27 heavy (non-hydrogen) atoms. The van der Waals surface area contributed by atoms with E-state index in [9.17, 15) is 13.6 Å². The summed E-state index contributed by atoms with van der Waals surface area (Å²) in [7, 11) is 0. The van der Waals surface area contributed by atoms with Gasteiger partial charge in [0.1, 0.15) is 17.3 Å². The Morgan fingerprint density at radius 2 is 1.89 bits per heavy atom. The van der Waals surface area contributed by atoms with Crippen LogP contribution in [0.15, 0.2) is 67.0 Å². The van der Waals surface area contributed by atoms with Crippen molar-refractivity contribution >= 4 is 17.2 Å². The van der Waals surface area contributed by atoms with Gasteiger partial charge in [0.15, 0.2) is 0 Å². The van der Waals surface area contributed by atoms with Crippen LogP contribution in [-0.4, -0.2) is 15.3 Å². The van der Waals surface area contributed by atoms with Crippen LogP contribution in [0.3, 0.4) is 0 Å². The standard InChI is InChI=1S/C21H15F2N3O/c1-13-5-8-20-25-19(12-26(20)11-13)14-3-2-4-16(9-14)24-21(27)17-10-15(22)6-7-18(17)23/h2-12H,1H3,(H,24,27). The second kappa shape index (κ2) is 6.64. The maximum absolute atomic E-state index is 13.8. The van der Waals surface area contributed by atoms with Gasteiger partial charge in [-0.1, -0.05) is 18.2 Å². The number of hydrogen-bond donors (Lipinski definition) is 1. The molecule has 0 aliphatic heterocycles. The predicted octanol–water partition coefficient (Wildman–Crippen LogP) is 4.84. The van der Waals surface area contributed by atoms with E-state index in [1.807, 2.05) is 41.9 Å². The quantitative estimate of drug-likeness (QED) is 0.566. The van der Waals surface area contributed by atoms with Gasteiger partial charge in [0.05, 0.1) is 11.3 Å². The highest BCUT2D eigenvalue weighted by atomic mass is 19.1. The van der Waals surface area contributed by atoms with E-state index in [0.717, 1.165) is 40.7 Å². The highest BCUT2D eigenvalue weighted by Gasteiger charge is 2.14. The molecule has 4 aromatic rings.